The number of amides is 1. The standard InChI is InChI=1S/C14H20N4O3/c1-18(2)11-10(9-4-5-21-12(9)11)17-13(19)8-6-15-14(20-3)16-7-8/h6-7,9-12H,4-5H2,1-3H3,(H,17,19)/t9-,10+,11-,12-/m1/s1. The third-order valence-corrected chi connectivity index (χ3v) is 4.32. The summed E-state index contributed by atoms with van der Waals surface area (Å²) < 4.78 is 10.6. The number of hydrogen-bond acceptors (Lipinski definition) is 6. The van der Waals surface area contributed by atoms with Gasteiger partial charge in [0, 0.05) is 24.9 Å². The van der Waals surface area contributed by atoms with Gasteiger partial charge in [0.2, 0.25) is 0 Å². The van der Waals surface area contributed by atoms with E-state index in [1.807, 2.05) is 14.1 Å². The van der Waals surface area contributed by atoms with E-state index in [9.17, 15) is 4.79 Å². The Labute approximate surface area is 123 Å². The summed E-state index contributed by atoms with van der Waals surface area (Å²) in [6.45, 7) is 0.775. The molecule has 114 valence electrons. The Bertz CT molecular complexity index is 519. The van der Waals surface area contributed by atoms with Crippen molar-refractivity contribution < 1.29 is 14.3 Å². The van der Waals surface area contributed by atoms with E-state index in [0.29, 0.717) is 11.5 Å². The Morgan fingerprint density at radius 2 is 2.14 bits per heavy atom. The second kappa shape index (κ2) is 5.57. The van der Waals surface area contributed by atoms with Gasteiger partial charge in [-0.1, -0.05) is 0 Å². The number of likely N-dealkylation sites (N-methyl/N-ethyl adjacent to an activating group) is 1. The maximum atomic E-state index is 12.3. The number of carbonyl (C=O) groups excluding carboxylic acids is 1. The van der Waals surface area contributed by atoms with Crippen molar-refractivity contribution >= 4 is 5.91 Å². The normalized spacial score (nSPS) is 30.7. The van der Waals surface area contributed by atoms with Crippen molar-refractivity contribution in [2.45, 2.75) is 24.6 Å². The monoisotopic (exact) mass is 292 g/mol. The molecule has 0 aromatic carbocycles. The van der Waals surface area contributed by atoms with Crippen LogP contribution in [-0.2, 0) is 4.74 Å². The van der Waals surface area contributed by atoms with Crippen LogP contribution in [0.15, 0.2) is 12.4 Å². The minimum atomic E-state index is -0.153. The first-order valence-electron chi connectivity index (χ1n) is 7.06. The van der Waals surface area contributed by atoms with E-state index in [0.717, 1.165) is 13.0 Å². The number of nitrogens with one attached hydrogen (secondary N) is 1. The van der Waals surface area contributed by atoms with E-state index in [1.54, 1.807) is 0 Å². The van der Waals surface area contributed by atoms with Gasteiger partial charge in [-0.25, -0.2) is 9.97 Å². The molecule has 7 nitrogen and oxygen atoms in total. The number of hydrogen-bond donors (Lipinski definition) is 1. The fourth-order valence-corrected chi connectivity index (χ4v) is 3.26. The van der Waals surface area contributed by atoms with E-state index < -0.39 is 0 Å². The third kappa shape index (κ3) is 2.47. The molecule has 1 saturated heterocycles. The first-order valence-corrected chi connectivity index (χ1v) is 7.06. The van der Waals surface area contributed by atoms with Crippen LogP contribution >= 0.6 is 0 Å². The van der Waals surface area contributed by atoms with Crippen LogP contribution in [0.5, 0.6) is 6.01 Å². The molecule has 1 amide bonds. The van der Waals surface area contributed by atoms with E-state index in [4.69, 9.17) is 9.47 Å². The summed E-state index contributed by atoms with van der Waals surface area (Å²) in [5, 5.41) is 3.09. The molecule has 2 fully saturated rings. The largest absolute Gasteiger partial charge is 0.467 e. The number of fused-ring (bicyclic) bond motifs is 1. The average Bonchev–Trinajstić information content (AvgIpc) is 2.87. The Hall–Kier alpha value is -1.73. The van der Waals surface area contributed by atoms with Gasteiger partial charge in [-0.3, -0.25) is 4.79 Å². The number of ether oxygens (including phenoxy) is 2. The highest BCUT2D eigenvalue weighted by Gasteiger charge is 2.55. The summed E-state index contributed by atoms with van der Waals surface area (Å²) in [6, 6.07) is 0.591. The van der Waals surface area contributed by atoms with Gasteiger partial charge in [-0.05, 0) is 20.5 Å². The SMILES string of the molecule is COc1ncc(C(=O)N[C@H]2[C@H]3CCO[C@H]3[C@@H]2N(C)C)cn1. The van der Waals surface area contributed by atoms with Gasteiger partial charge in [0.25, 0.3) is 5.91 Å². The quantitative estimate of drug-likeness (QED) is 0.837. The van der Waals surface area contributed by atoms with Gasteiger partial charge in [0.15, 0.2) is 0 Å². The highest BCUT2D eigenvalue weighted by molar-refractivity contribution is 5.94. The summed E-state index contributed by atoms with van der Waals surface area (Å²) >= 11 is 0. The molecule has 0 spiro atoms. The molecule has 4 atom stereocenters. The zero-order valence-corrected chi connectivity index (χ0v) is 12.4. The van der Waals surface area contributed by atoms with Gasteiger partial charge in [0.05, 0.1) is 30.9 Å². The van der Waals surface area contributed by atoms with E-state index >= 15 is 0 Å². The smallest absolute Gasteiger partial charge is 0.316 e. The van der Waals surface area contributed by atoms with Crippen molar-refractivity contribution in [1.82, 2.24) is 20.2 Å². The lowest BCUT2D eigenvalue weighted by atomic mass is 9.71. The van der Waals surface area contributed by atoms with E-state index in [-0.39, 0.29) is 30.1 Å². The minimum Gasteiger partial charge on any atom is -0.467 e. The molecule has 0 unspecified atom stereocenters. The Morgan fingerprint density at radius 1 is 1.43 bits per heavy atom. The molecule has 1 N–H and O–H groups in total. The van der Waals surface area contributed by atoms with Gasteiger partial charge >= 0.3 is 6.01 Å². The molecule has 21 heavy (non-hydrogen) atoms. The van der Waals surface area contributed by atoms with Crippen LogP contribution in [0.25, 0.3) is 0 Å². The zero-order valence-electron chi connectivity index (χ0n) is 12.4. The Morgan fingerprint density at radius 3 is 2.76 bits per heavy atom. The molecule has 0 radical (unpaired) electrons. The van der Waals surface area contributed by atoms with Gasteiger partial charge < -0.3 is 19.7 Å². The molecule has 1 aliphatic carbocycles. The summed E-state index contributed by atoms with van der Waals surface area (Å²) in [5.41, 5.74) is 0.440. The molecular weight excluding hydrogens is 272 g/mol. The topological polar surface area (TPSA) is 76.6 Å². The lowest BCUT2D eigenvalue weighted by molar-refractivity contribution is -0.0664. The lowest BCUT2D eigenvalue weighted by Gasteiger charge is -2.50. The summed E-state index contributed by atoms with van der Waals surface area (Å²) in [6.07, 6.45) is 4.19. The third-order valence-electron chi connectivity index (χ3n) is 4.32. The van der Waals surface area contributed by atoms with Crippen LogP contribution in [0, 0.1) is 5.92 Å². The van der Waals surface area contributed by atoms with Crippen LogP contribution in [-0.4, -0.2) is 66.8 Å². The van der Waals surface area contributed by atoms with Crippen molar-refractivity contribution in [3.05, 3.63) is 18.0 Å². The first-order chi connectivity index (χ1) is 10.1. The van der Waals surface area contributed by atoms with Gasteiger partial charge in [-0.2, -0.15) is 0 Å². The number of methoxy groups -OCH3 is 1. The predicted octanol–water partition coefficient (Wildman–Crippen LogP) is -0.0675. The van der Waals surface area contributed by atoms with Crippen LogP contribution in [0.2, 0.25) is 0 Å². The highest BCUT2D eigenvalue weighted by Crippen LogP contribution is 2.41. The molecule has 1 saturated carbocycles. The molecular formula is C14H20N4O3. The molecule has 1 aromatic rings. The van der Waals surface area contributed by atoms with Crippen LogP contribution < -0.4 is 10.1 Å². The number of aromatic nitrogens is 2. The van der Waals surface area contributed by atoms with Gasteiger partial charge in [-0.15, -0.1) is 0 Å². The number of nitrogens with zero attached hydrogens (tertiary/aromatic N) is 3. The molecule has 3 rings (SSSR count). The van der Waals surface area contributed by atoms with Crippen molar-refractivity contribution in [1.29, 1.82) is 0 Å². The molecule has 1 aliphatic heterocycles. The zero-order chi connectivity index (χ0) is 15.0. The lowest BCUT2D eigenvalue weighted by Crippen LogP contribution is -2.69. The van der Waals surface area contributed by atoms with E-state index in [1.165, 1.54) is 19.5 Å². The van der Waals surface area contributed by atoms with Crippen LogP contribution in [0.4, 0.5) is 0 Å². The average molecular weight is 292 g/mol. The first kappa shape index (κ1) is 14.2. The molecule has 2 heterocycles. The molecule has 0 bridgehead atoms. The Balaban J connectivity index is 1.68. The predicted molar refractivity (Wildman–Crippen MR) is 75.2 cm³/mol. The van der Waals surface area contributed by atoms with Gasteiger partial charge in [0.1, 0.15) is 0 Å². The van der Waals surface area contributed by atoms with Crippen molar-refractivity contribution in [2.24, 2.45) is 5.92 Å². The van der Waals surface area contributed by atoms with Crippen molar-refractivity contribution in [3.8, 4) is 6.01 Å². The maximum Gasteiger partial charge on any atom is 0.316 e. The number of rotatable bonds is 4. The number of carbonyl (C=O) groups is 1. The minimum absolute atomic E-state index is 0.113. The second-order valence-electron chi connectivity index (χ2n) is 5.70. The fraction of sp³-hybridized carbons (Fsp3) is 0.643. The molecule has 1 aromatic heterocycles. The molecule has 7 heteroatoms. The van der Waals surface area contributed by atoms with Crippen LogP contribution in [0.1, 0.15) is 16.8 Å². The summed E-state index contributed by atoms with van der Waals surface area (Å²) in [7, 11) is 5.52. The Kier molecular flexibility index (Phi) is 3.77. The molecule has 2 aliphatic rings. The highest BCUT2D eigenvalue weighted by atomic mass is 16.5. The summed E-state index contributed by atoms with van der Waals surface area (Å²) in [5.74, 6) is 0.250. The maximum absolute atomic E-state index is 12.3. The van der Waals surface area contributed by atoms with Crippen LogP contribution in [0.3, 0.4) is 0 Å². The summed E-state index contributed by atoms with van der Waals surface area (Å²) in [4.78, 5) is 22.3. The van der Waals surface area contributed by atoms with Crippen molar-refractivity contribution in [2.75, 3.05) is 27.8 Å². The van der Waals surface area contributed by atoms with E-state index in [2.05, 4.69) is 20.2 Å². The fourth-order valence-electron chi connectivity index (χ4n) is 3.26. The van der Waals surface area contributed by atoms with Crippen molar-refractivity contribution in [3.63, 3.8) is 0 Å². The second-order valence-corrected chi connectivity index (χ2v) is 5.70.